The van der Waals surface area contributed by atoms with Gasteiger partial charge < -0.3 is 5.32 Å². The van der Waals surface area contributed by atoms with Gasteiger partial charge in [-0.2, -0.15) is 9.94 Å². The Kier molecular flexibility index (Phi) is 5.06. The van der Waals surface area contributed by atoms with Crippen molar-refractivity contribution in [2.75, 3.05) is 11.1 Å². The van der Waals surface area contributed by atoms with Crippen LogP contribution in [0.2, 0.25) is 0 Å². The smallest absolute Gasteiger partial charge is 0.234 e. The molecule has 0 atom stereocenters. The molecule has 0 radical (unpaired) electrons. The number of aryl methyl sites for hydroxylation is 1. The molecule has 0 aliphatic carbocycles. The zero-order valence-electron chi connectivity index (χ0n) is 13.4. The number of nitrogens with one attached hydrogen (secondary N) is 1. The first-order valence-corrected chi connectivity index (χ1v) is 8.42. The number of carbonyl (C=O) groups is 1. The Morgan fingerprint density at radius 3 is 2.92 bits per heavy atom. The molecule has 0 bridgehead atoms. The maximum atomic E-state index is 12.1. The molecule has 0 saturated heterocycles. The van der Waals surface area contributed by atoms with Gasteiger partial charge in [0.25, 0.3) is 0 Å². The summed E-state index contributed by atoms with van der Waals surface area (Å²) in [7, 11) is 0. The van der Waals surface area contributed by atoms with Gasteiger partial charge in [0, 0.05) is 5.69 Å². The van der Waals surface area contributed by atoms with E-state index in [1.165, 1.54) is 11.8 Å². The summed E-state index contributed by atoms with van der Waals surface area (Å²) in [5, 5.41) is 23.8. The number of anilines is 1. The third kappa shape index (κ3) is 4.22. The fourth-order valence-corrected chi connectivity index (χ4v) is 2.88. The molecule has 1 N–H and O–H groups in total. The highest BCUT2D eigenvalue weighted by Crippen LogP contribution is 2.19. The monoisotopic (exact) mass is 350 g/mol. The lowest BCUT2D eigenvalue weighted by Gasteiger charge is -2.06. The summed E-state index contributed by atoms with van der Waals surface area (Å²) in [6, 6.07) is 16.6. The van der Waals surface area contributed by atoms with Crippen LogP contribution in [-0.4, -0.2) is 31.9 Å². The Hall–Kier alpha value is -3.18. The van der Waals surface area contributed by atoms with Gasteiger partial charge in [0.1, 0.15) is 0 Å². The van der Waals surface area contributed by atoms with E-state index in [0.29, 0.717) is 16.4 Å². The van der Waals surface area contributed by atoms with Crippen molar-refractivity contribution in [3.63, 3.8) is 0 Å². The highest BCUT2D eigenvalue weighted by molar-refractivity contribution is 7.99. The summed E-state index contributed by atoms with van der Waals surface area (Å²) in [5.74, 6) is -0.0398. The average molecular weight is 350 g/mol. The van der Waals surface area contributed by atoms with E-state index in [1.54, 1.807) is 28.9 Å². The first kappa shape index (κ1) is 16.7. The third-order valence-electron chi connectivity index (χ3n) is 3.29. The lowest BCUT2D eigenvalue weighted by atomic mass is 10.2. The summed E-state index contributed by atoms with van der Waals surface area (Å²) >= 11 is 1.24. The maximum absolute atomic E-state index is 12.1. The number of hydrogen-bond acceptors (Lipinski definition) is 6. The van der Waals surface area contributed by atoms with Crippen LogP contribution in [0, 0.1) is 18.3 Å². The molecule has 0 spiro atoms. The Bertz CT molecular complexity index is 946. The van der Waals surface area contributed by atoms with Crippen molar-refractivity contribution in [3.05, 3.63) is 59.7 Å². The molecule has 7 nitrogen and oxygen atoms in total. The number of nitriles is 1. The first-order chi connectivity index (χ1) is 12.2. The standard InChI is InChI=1S/C17H14N6OS/c1-12-4-2-7-15(8-12)23-17(20-21-22-23)25-11-16(24)19-14-6-3-5-13(9-14)10-18/h2-9H,11H2,1H3,(H,19,24). The summed E-state index contributed by atoms with van der Waals surface area (Å²) < 4.78 is 1.60. The van der Waals surface area contributed by atoms with Gasteiger partial charge in [-0.05, 0) is 53.2 Å². The van der Waals surface area contributed by atoms with Gasteiger partial charge in [0.05, 0.1) is 23.1 Å². The van der Waals surface area contributed by atoms with Crippen LogP contribution in [0.25, 0.3) is 5.69 Å². The number of thioether (sulfide) groups is 1. The zero-order valence-corrected chi connectivity index (χ0v) is 14.2. The zero-order chi connectivity index (χ0) is 17.6. The molecule has 1 heterocycles. The van der Waals surface area contributed by atoms with Crippen molar-refractivity contribution in [1.82, 2.24) is 20.2 Å². The molecule has 0 aliphatic heterocycles. The van der Waals surface area contributed by atoms with E-state index in [1.807, 2.05) is 37.3 Å². The van der Waals surface area contributed by atoms with Crippen LogP contribution < -0.4 is 5.32 Å². The largest absolute Gasteiger partial charge is 0.325 e. The average Bonchev–Trinajstić information content (AvgIpc) is 3.09. The van der Waals surface area contributed by atoms with E-state index >= 15 is 0 Å². The molecule has 25 heavy (non-hydrogen) atoms. The fourth-order valence-electron chi connectivity index (χ4n) is 2.18. The Morgan fingerprint density at radius 1 is 1.28 bits per heavy atom. The van der Waals surface area contributed by atoms with Crippen molar-refractivity contribution < 1.29 is 4.79 Å². The number of nitrogens with zero attached hydrogens (tertiary/aromatic N) is 5. The SMILES string of the molecule is Cc1cccc(-n2nnnc2SCC(=O)Nc2cccc(C#N)c2)c1. The Morgan fingerprint density at radius 2 is 2.12 bits per heavy atom. The minimum atomic E-state index is -0.195. The van der Waals surface area contributed by atoms with Crippen LogP contribution in [0.3, 0.4) is 0 Å². The second-order valence-electron chi connectivity index (χ2n) is 5.24. The van der Waals surface area contributed by atoms with Gasteiger partial charge in [-0.1, -0.05) is 30.0 Å². The minimum Gasteiger partial charge on any atom is -0.325 e. The van der Waals surface area contributed by atoms with E-state index < -0.39 is 0 Å². The van der Waals surface area contributed by atoms with Gasteiger partial charge in [0.15, 0.2) is 0 Å². The Labute approximate surface area is 148 Å². The van der Waals surface area contributed by atoms with Crippen molar-refractivity contribution >= 4 is 23.4 Å². The van der Waals surface area contributed by atoms with Crippen molar-refractivity contribution in [1.29, 1.82) is 5.26 Å². The summed E-state index contributed by atoms with van der Waals surface area (Å²) in [5.41, 5.74) is 3.02. The summed E-state index contributed by atoms with van der Waals surface area (Å²) in [6.45, 7) is 1.99. The van der Waals surface area contributed by atoms with Crippen LogP contribution in [0.5, 0.6) is 0 Å². The number of tetrazole rings is 1. The Balaban J connectivity index is 1.65. The lowest BCUT2D eigenvalue weighted by Crippen LogP contribution is -2.14. The van der Waals surface area contributed by atoms with Crippen LogP contribution in [0.4, 0.5) is 5.69 Å². The van der Waals surface area contributed by atoms with E-state index in [0.717, 1.165) is 11.3 Å². The van der Waals surface area contributed by atoms with Crippen LogP contribution >= 0.6 is 11.8 Å². The summed E-state index contributed by atoms with van der Waals surface area (Å²) in [4.78, 5) is 12.1. The van der Waals surface area contributed by atoms with E-state index in [2.05, 4.69) is 20.8 Å². The molecule has 0 saturated carbocycles. The van der Waals surface area contributed by atoms with Gasteiger partial charge in [-0.3, -0.25) is 4.79 Å². The number of hydrogen-bond donors (Lipinski definition) is 1. The number of carbonyl (C=O) groups excluding carboxylic acids is 1. The number of rotatable bonds is 5. The number of aromatic nitrogens is 4. The van der Waals surface area contributed by atoms with Gasteiger partial charge >= 0.3 is 0 Å². The molecule has 0 fully saturated rings. The molecule has 0 unspecified atom stereocenters. The predicted octanol–water partition coefficient (Wildman–Crippen LogP) is 2.57. The maximum Gasteiger partial charge on any atom is 0.234 e. The quantitative estimate of drug-likeness (QED) is 0.711. The fraction of sp³-hybridized carbons (Fsp3) is 0.118. The summed E-state index contributed by atoms with van der Waals surface area (Å²) in [6.07, 6.45) is 0. The normalized spacial score (nSPS) is 10.2. The molecule has 3 aromatic rings. The molecular weight excluding hydrogens is 336 g/mol. The van der Waals surface area contributed by atoms with E-state index in [9.17, 15) is 4.79 Å². The first-order valence-electron chi connectivity index (χ1n) is 7.44. The molecule has 2 aromatic carbocycles. The molecule has 1 aromatic heterocycles. The van der Waals surface area contributed by atoms with Crippen molar-refractivity contribution in [2.24, 2.45) is 0 Å². The van der Waals surface area contributed by atoms with Crippen molar-refractivity contribution in [2.45, 2.75) is 12.1 Å². The minimum absolute atomic E-state index is 0.156. The van der Waals surface area contributed by atoms with E-state index in [-0.39, 0.29) is 11.7 Å². The second kappa shape index (κ2) is 7.59. The lowest BCUT2D eigenvalue weighted by molar-refractivity contribution is -0.113. The molecule has 3 rings (SSSR count). The van der Waals surface area contributed by atoms with E-state index in [4.69, 9.17) is 5.26 Å². The van der Waals surface area contributed by atoms with Gasteiger partial charge in [0.2, 0.25) is 11.1 Å². The van der Waals surface area contributed by atoms with Crippen LogP contribution in [-0.2, 0) is 4.79 Å². The molecular formula is C17H14N6OS. The van der Waals surface area contributed by atoms with Crippen LogP contribution in [0.1, 0.15) is 11.1 Å². The highest BCUT2D eigenvalue weighted by atomic mass is 32.2. The van der Waals surface area contributed by atoms with Crippen LogP contribution in [0.15, 0.2) is 53.7 Å². The molecule has 124 valence electrons. The highest BCUT2D eigenvalue weighted by Gasteiger charge is 2.12. The molecule has 1 amide bonds. The topological polar surface area (TPSA) is 96.5 Å². The molecule has 8 heteroatoms. The third-order valence-corrected chi connectivity index (χ3v) is 4.21. The number of benzene rings is 2. The second-order valence-corrected chi connectivity index (χ2v) is 6.18. The van der Waals surface area contributed by atoms with Gasteiger partial charge in [-0.25, -0.2) is 0 Å². The molecule has 0 aliphatic rings. The van der Waals surface area contributed by atoms with Gasteiger partial charge in [-0.15, -0.1) is 5.10 Å². The van der Waals surface area contributed by atoms with Crippen molar-refractivity contribution in [3.8, 4) is 11.8 Å². The number of amides is 1. The predicted molar refractivity (Wildman–Crippen MR) is 94.4 cm³/mol.